The number of thioether (sulfide) groups is 1. The summed E-state index contributed by atoms with van der Waals surface area (Å²) in [5.41, 5.74) is 0.623. The summed E-state index contributed by atoms with van der Waals surface area (Å²) in [5.74, 6) is 0.323. The molecule has 2 aliphatic heterocycles. The molecule has 28 heavy (non-hydrogen) atoms. The van der Waals surface area contributed by atoms with Crippen molar-refractivity contribution in [2.75, 3.05) is 54.0 Å². The average Bonchev–Trinajstić information content (AvgIpc) is 2.95. The van der Waals surface area contributed by atoms with Crippen molar-refractivity contribution in [3.05, 3.63) is 28.7 Å². The van der Waals surface area contributed by atoms with Crippen LogP contribution < -0.4 is 9.47 Å². The maximum absolute atomic E-state index is 12.7. The molecule has 2 heterocycles. The van der Waals surface area contributed by atoms with E-state index in [0.717, 1.165) is 29.8 Å². The van der Waals surface area contributed by atoms with Gasteiger partial charge in [0.2, 0.25) is 5.91 Å². The highest BCUT2D eigenvalue weighted by atomic mass is 32.2. The second-order valence-corrected chi connectivity index (χ2v) is 7.53. The van der Waals surface area contributed by atoms with Crippen molar-refractivity contribution in [3.8, 4) is 11.5 Å². The van der Waals surface area contributed by atoms with Crippen LogP contribution in [0.1, 0.15) is 5.56 Å². The van der Waals surface area contributed by atoms with Gasteiger partial charge in [0.05, 0.1) is 19.1 Å². The number of piperazine rings is 1. The van der Waals surface area contributed by atoms with Crippen molar-refractivity contribution >= 4 is 34.9 Å². The lowest BCUT2D eigenvalue weighted by Crippen LogP contribution is -2.50. The fourth-order valence-corrected chi connectivity index (χ4v) is 3.92. The quantitative estimate of drug-likeness (QED) is 0.687. The molecule has 0 spiro atoms. The van der Waals surface area contributed by atoms with Crippen molar-refractivity contribution in [1.82, 2.24) is 14.7 Å². The van der Waals surface area contributed by atoms with Gasteiger partial charge in [0.1, 0.15) is 6.54 Å². The minimum atomic E-state index is -0.470. The molecule has 1 aromatic carbocycles. The number of benzene rings is 1. The van der Waals surface area contributed by atoms with Crippen molar-refractivity contribution in [3.63, 3.8) is 0 Å². The summed E-state index contributed by atoms with van der Waals surface area (Å²) in [7, 11) is 5.03. The molecule has 0 bridgehead atoms. The van der Waals surface area contributed by atoms with E-state index in [1.807, 2.05) is 7.05 Å². The Bertz CT molecular complexity index is 818. The minimum Gasteiger partial charge on any atom is -0.493 e. The van der Waals surface area contributed by atoms with E-state index in [4.69, 9.17) is 9.47 Å². The zero-order valence-electron chi connectivity index (χ0n) is 16.1. The van der Waals surface area contributed by atoms with Gasteiger partial charge in [0, 0.05) is 31.7 Å². The number of carbonyl (C=O) groups is 3. The Morgan fingerprint density at radius 3 is 2.50 bits per heavy atom. The van der Waals surface area contributed by atoms with Crippen LogP contribution in [0.25, 0.3) is 6.08 Å². The molecule has 0 atom stereocenters. The Hall–Kier alpha value is -2.52. The summed E-state index contributed by atoms with van der Waals surface area (Å²) in [6, 6.07) is 5.29. The first kappa shape index (κ1) is 20.2. The van der Waals surface area contributed by atoms with E-state index in [2.05, 4.69) is 4.90 Å². The number of methoxy groups -OCH3 is 2. The molecule has 150 valence electrons. The molecule has 0 N–H and O–H groups in total. The van der Waals surface area contributed by atoms with Crippen LogP contribution in [0.15, 0.2) is 23.1 Å². The monoisotopic (exact) mass is 405 g/mol. The van der Waals surface area contributed by atoms with Gasteiger partial charge in [0.25, 0.3) is 11.1 Å². The number of ether oxygens (including phenoxy) is 2. The van der Waals surface area contributed by atoms with Crippen LogP contribution in [0.4, 0.5) is 4.79 Å². The molecule has 2 fully saturated rings. The van der Waals surface area contributed by atoms with Gasteiger partial charge in [-0.1, -0.05) is 12.1 Å². The molecular formula is C19H23N3O5S. The highest BCUT2D eigenvalue weighted by Crippen LogP contribution is 2.37. The van der Waals surface area contributed by atoms with Gasteiger partial charge in [-0.05, 0) is 31.0 Å². The molecule has 2 aliphatic rings. The number of carbonyl (C=O) groups excluding carboxylic acids is 3. The van der Waals surface area contributed by atoms with Gasteiger partial charge < -0.3 is 19.3 Å². The number of amides is 3. The second kappa shape index (κ2) is 8.66. The molecule has 0 aliphatic carbocycles. The molecule has 8 nitrogen and oxygen atoms in total. The molecule has 9 heteroatoms. The molecule has 1 aromatic rings. The largest absolute Gasteiger partial charge is 0.493 e. The first-order chi connectivity index (χ1) is 13.4. The number of rotatable bonds is 5. The fourth-order valence-electron chi connectivity index (χ4n) is 3.09. The van der Waals surface area contributed by atoms with Crippen LogP contribution in [0.3, 0.4) is 0 Å². The minimum absolute atomic E-state index is 0.212. The third kappa shape index (κ3) is 4.15. The highest BCUT2D eigenvalue weighted by molar-refractivity contribution is 8.18. The van der Waals surface area contributed by atoms with E-state index < -0.39 is 11.1 Å². The van der Waals surface area contributed by atoms with E-state index in [-0.39, 0.29) is 17.4 Å². The molecule has 2 saturated heterocycles. The van der Waals surface area contributed by atoms with Crippen molar-refractivity contribution in [2.24, 2.45) is 0 Å². The van der Waals surface area contributed by atoms with Gasteiger partial charge in [0.15, 0.2) is 11.5 Å². The summed E-state index contributed by atoms with van der Waals surface area (Å²) in [6.07, 6.45) is 1.59. The number of likely N-dealkylation sites (N-methyl/N-ethyl adjacent to an activating group) is 1. The van der Waals surface area contributed by atoms with Crippen molar-refractivity contribution in [1.29, 1.82) is 0 Å². The summed E-state index contributed by atoms with van der Waals surface area (Å²) in [5, 5.41) is -0.444. The van der Waals surface area contributed by atoms with Crippen LogP contribution in [-0.4, -0.2) is 85.7 Å². The van der Waals surface area contributed by atoms with Gasteiger partial charge in [-0.25, -0.2) is 0 Å². The first-order valence-electron chi connectivity index (χ1n) is 8.87. The Morgan fingerprint density at radius 2 is 1.86 bits per heavy atom. The van der Waals surface area contributed by atoms with E-state index in [9.17, 15) is 14.4 Å². The van der Waals surface area contributed by atoms with Crippen LogP contribution >= 0.6 is 11.8 Å². The van der Waals surface area contributed by atoms with E-state index in [0.29, 0.717) is 30.2 Å². The Kier molecular flexibility index (Phi) is 6.25. The lowest BCUT2D eigenvalue weighted by Gasteiger charge is -2.33. The average molecular weight is 405 g/mol. The molecular weight excluding hydrogens is 382 g/mol. The van der Waals surface area contributed by atoms with Crippen LogP contribution in [0.2, 0.25) is 0 Å². The van der Waals surface area contributed by atoms with Gasteiger partial charge >= 0.3 is 0 Å². The maximum atomic E-state index is 12.7. The van der Waals surface area contributed by atoms with Gasteiger partial charge in [-0.15, -0.1) is 0 Å². The molecule has 0 radical (unpaired) electrons. The number of nitrogens with zero attached hydrogens (tertiary/aromatic N) is 3. The summed E-state index contributed by atoms with van der Waals surface area (Å²) in [4.78, 5) is 42.6. The Balaban J connectivity index is 1.75. The maximum Gasteiger partial charge on any atom is 0.294 e. The lowest BCUT2D eigenvalue weighted by molar-refractivity contribution is -0.137. The highest BCUT2D eigenvalue weighted by Gasteiger charge is 2.37. The molecule has 0 saturated carbocycles. The Labute approximate surface area is 168 Å². The molecule has 3 amide bonds. The smallest absolute Gasteiger partial charge is 0.294 e. The van der Waals surface area contributed by atoms with Crippen LogP contribution in [-0.2, 0) is 9.59 Å². The summed E-state index contributed by atoms with van der Waals surface area (Å²) >= 11 is 0.822. The molecule has 3 rings (SSSR count). The number of hydrogen-bond acceptors (Lipinski definition) is 7. The van der Waals surface area contributed by atoms with Crippen LogP contribution in [0, 0.1) is 0 Å². The van der Waals surface area contributed by atoms with E-state index >= 15 is 0 Å². The zero-order valence-corrected chi connectivity index (χ0v) is 17.0. The zero-order chi connectivity index (χ0) is 20.3. The fraction of sp³-hybridized carbons (Fsp3) is 0.421. The van der Waals surface area contributed by atoms with Crippen LogP contribution in [0.5, 0.6) is 11.5 Å². The predicted molar refractivity (Wildman–Crippen MR) is 106 cm³/mol. The SMILES string of the molecule is COc1cccc(/C=C2/SC(=O)N(CC(=O)N3CCN(C)CC3)C2=O)c1OC. The van der Waals surface area contributed by atoms with Gasteiger partial charge in [-0.2, -0.15) is 0 Å². The van der Waals surface area contributed by atoms with Crippen molar-refractivity contribution in [2.45, 2.75) is 0 Å². The van der Waals surface area contributed by atoms with E-state index in [1.165, 1.54) is 14.2 Å². The number of para-hydroxylation sites is 1. The summed E-state index contributed by atoms with van der Waals surface area (Å²) in [6.45, 7) is 2.53. The first-order valence-corrected chi connectivity index (χ1v) is 9.69. The number of hydrogen-bond donors (Lipinski definition) is 0. The lowest BCUT2D eigenvalue weighted by atomic mass is 10.1. The van der Waals surface area contributed by atoms with Gasteiger partial charge in [-0.3, -0.25) is 19.3 Å². The standard InChI is InChI=1S/C19H23N3O5S/c1-20-7-9-21(10-8-20)16(23)12-22-18(24)15(28-19(22)25)11-13-5-4-6-14(26-2)17(13)27-3/h4-6,11H,7-10,12H2,1-3H3/b15-11+. The van der Waals surface area contributed by atoms with Crippen molar-refractivity contribution < 1.29 is 23.9 Å². The topological polar surface area (TPSA) is 79.4 Å². The number of imide groups is 1. The van der Waals surface area contributed by atoms with E-state index in [1.54, 1.807) is 29.2 Å². The molecule has 0 unspecified atom stereocenters. The molecule has 0 aromatic heterocycles. The summed E-state index contributed by atoms with van der Waals surface area (Å²) < 4.78 is 10.6. The normalized spacial score (nSPS) is 19.5. The third-order valence-electron chi connectivity index (χ3n) is 4.74. The predicted octanol–water partition coefficient (Wildman–Crippen LogP) is 1.51. The second-order valence-electron chi connectivity index (χ2n) is 6.53. The third-order valence-corrected chi connectivity index (χ3v) is 5.65. The Morgan fingerprint density at radius 1 is 1.14 bits per heavy atom.